The molecule has 1 amide bonds. The zero-order valence-electron chi connectivity index (χ0n) is 16.8. The quantitative estimate of drug-likeness (QED) is 0.630. The van der Waals surface area contributed by atoms with E-state index >= 15 is 0 Å². The fraction of sp³-hybridized carbons (Fsp3) is 0.526. The van der Waals surface area contributed by atoms with Crippen molar-refractivity contribution in [3.8, 4) is 23.0 Å². The predicted molar refractivity (Wildman–Crippen MR) is 105 cm³/mol. The number of rotatable bonds is 8. The first-order valence-electron chi connectivity index (χ1n) is 8.82. The predicted octanol–water partition coefficient (Wildman–Crippen LogP) is 3.88. The van der Waals surface area contributed by atoms with Crippen molar-refractivity contribution in [1.82, 2.24) is 15.1 Å². The Balaban J connectivity index is 2.17. The Morgan fingerprint density at radius 3 is 2.04 bits per heavy atom. The lowest BCUT2D eigenvalue weighted by Crippen LogP contribution is -2.45. The maximum atomic E-state index is 12.8. The molecule has 27 heavy (non-hydrogen) atoms. The van der Waals surface area contributed by atoms with Crippen LogP contribution < -0.4 is 9.47 Å². The van der Waals surface area contributed by atoms with Gasteiger partial charge in [-0.2, -0.15) is 0 Å². The molecule has 0 radical (unpaired) electrons. The molecule has 0 saturated heterocycles. The lowest BCUT2D eigenvalue weighted by atomic mass is 10.2. The molecule has 1 aromatic carbocycles. The monoisotopic (exact) mass is 393 g/mol. The summed E-state index contributed by atoms with van der Waals surface area (Å²) in [5.74, 6) is 1.65. The summed E-state index contributed by atoms with van der Waals surface area (Å²) in [6, 6.07) is 5.60. The van der Waals surface area contributed by atoms with Crippen molar-refractivity contribution in [2.75, 3.05) is 14.2 Å². The Bertz CT molecular complexity index is 746. The molecule has 0 aliphatic rings. The Morgan fingerprint density at radius 1 is 1.00 bits per heavy atom. The van der Waals surface area contributed by atoms with Gasteiger partial charge in [-0.25, -0.2) is 0 Å². The third-order valence-corrected chi connectivity index (χ3v) is 4.92. The van der Waals surface area contributed by atoms with Crippen LogP contribution in [0.3, 0.4) is 0 Å². The molecule has 0 aliphatic carbocycles. The maximum absolute atomic E-state index is 12.8. The normalized spacial score (nSPS) is 12.3. The molecular formula is C19H27N3O4S. The van der Waals surface area contributed by atoms with Crippen LogP contribution >= 0.6 is 11.8 Å². The van der Waals surface area contributed by atoms with Gasteiger partial charge in [0.1, 0.15) is 11.5 Å². The highest BCUT2D eigenvalue weighted by molar-refractivity contribution is 8.00. The van der Waals surface area contributed by atoms with E-state index in [4.69, 9.17) is 13.9 Å². The number of aromatic nitrogens is 2. The molecule has 2 aromatic rings. The lowest BCUT2D eigenvalue weighted by molar-refractivity contribution is -0.133. The van der Waals surface area contributed by atoms with Crippen LogP contribution in [0, 0.1) is 0 Å². The number of carbonyl (C=O) groups is 1. The molecule has 7 nitrogen and oxygen atoms in total. The number of nitrogens with zero attached hydrogens (tertiary/aromatic N) is 3. The van der Waals surface area contributed by atoms with Crippen LogP contribution in [0.15, 0.2) is 27.8 Å². The number of amides is 1. The van der Waals surface area contributed by atoms with Gasteiger partial charge in [0.2, 0.25) is 11.8 Å². The summed E-state index contributed by atoms with van der Waals surface area (Å²) in [5.41, 5.74) is 0.690. The summed E-state index contributed by atoms with van der Waals surface area (Å²) in [6.07, 6.45) is 0. The first-order chi connectivity index (χ1) is 12.8. The van der Waals surface area contributed by atoms with Gasteiger partial charge in [0, 0.05) is 23.7 Å². The number of hydrogen-bond acceptors (Lipinski definition) is 7. The van der Waals surface area contributed by atoms with E-state index in [0.717, 1.165) is 0 Å². The number of hydrogen-bond donors (Lipinski definition) is 0. The van der Waals surface area contributed by atoms with Crippen LogP contribution in [0.25, 0.3) is 11.5 Å². The summed E-state index contributed by atoms with van der Waals surface area (Å²) in [5, 5.41) is 8.18. The zero-order chi connectivity index (χ0) is 20.1. The van der Waals surface area contributed by atoms with Crippen molar-refractivity contribution in [3.63, 3.8) is 0 Å². The van der Waals surface area contributed by atoms with E-state index in [9.17, 15) is 4.79 Å². The van der Waals surface area contributed by atoms with Gasteiger partial charge >= 0.3 is 0 Å². The summed E-state index contributed by atoms with van der Waals surface area (Å²) >= 11 is 1.26. The van der Waals surface area contributed by atoms with Gasteiger partial charge in [-0.05, 0) is 46.8 Å². The summed E-state index contributed by atoms with van der Waals surface area (Å²) in [4.78, 5) is 14.6. The second kappa shape index (κ2) is 9.12. The molecule has 0 aliphatic heterocycles. The van der Waals surface area contributed by atoms with Crippen LogP contribution in [-0.4, -0.2) is 52.6 Å². The Labute approximate surface area is 164 Å². The largest absolute Gasteiger partial charge is 0.497 e. The fourth-order valence-electron chi connectivity index (χ4n) is 2.82. The second-order valence-electron chi connectivity index (χ2n) is 6.67. The number of benzene rings is 1. The molecule has 2 rings (SSSR count). The molecule has 1 heterocycles. The Hall–Kier alpha value is -2.22. The van der Waals surface area contributed by atoms with Gasteiger partial charge in [-0.15, -0.1) is 10.2 Å². The van der Waals surface area contributed by atoms with Crippen LogP contribution in [0.2, 0.25) is 0 Å². The van der Waals surface area contributed by atoms with E-state index in [0.29, 0.717) is 28.2 Å². The van der Waals surface area contributed by atoms with E-state index in [1.807, 2.05) is 39.5 Å². The van der Waals surface area contributed by atoms with Crippen LogP contribution in [0.5, 0.6) is 11.5 Å². The second-order valence-corrected chi connectivity index (χ2v) is 7.96. The van der Waals surface area contributed by atoms with Gasteiger partial charge in [0.15, 0.2) is 0 Å². The highest BCUT2D eigenvalue weighted by Gasteiger charge is 2.27. The summed E-state index contributed by atoms with van der Waals surface area (Å²) in [6.45, 7) is 9.89. The molecule has 148 valence electrons. The van der Waals surface area contributed by atoms with Crippen molar-refractivity contribution in [2.24, 2.45) is 0 Å². The number of ether oxygens (including phenoxy) is 2. The minimum absolute atomic E-state index is 0.0489. The van der Waals surface area contributed by atoms with Gasteiger partial charge < -0.3 is 18.8 Å². The number of carbonyl (C=O) groups excluding carboxylic acids is 1. The highest BCUT2D eigenvalue weighted by Crippen LogP contribution is 2.32. The molecule has 0 fully saturated rings. The van der Waals surface area contributed by atoms with E-state index in [2.05, 4.69) is 10.2 Å². The average molecular weight is 394 g/mol. The first kappa shape index (κ1) is 21.1. The molecule has 1 aromatic heterocycles. The van der Waals surface area contributed by atoms with Crippen LogP contribution in [0.1, 0.15) is 34.6 Å². The standard InChI is InChI=1S/C19H27N3O4S/c1-11(2)22(12(3)4)18(23)13(5)27-19-21-20-17(26-19)14-8-15(24-6)10-16(9-14)25-7/h8-13H,1-7H3/t13-/m0/s1. The Morgan fingerprint density at radius 2 is 1.56 bits per heavy atom. The van der Waals surface area contributed by atoms with Crippen LogP contribution in [-0.2, 0) is 4.79 Å². The van der Waals surface area contributed by atoms with Gasteiger partial charge in [0.25, 0.3) is 5.22 Å². The molecule has 0 N–H and O–H groups in total. The molecule has 8 heteroatoms. The molecule has 0 spiro atoms. The van der Waals surface area contributed by atoms with Crippen molar-refractivity contribution in [2.45, 2.75) is 57.2 Å². The number of thioether (sulfide) groups is 1. The van der Waals surface area contributed by atoms with Gasteiger partial charge in [-0.3, -0.25) is 4.79 Å². The van der Waals surface area contributed by atoms with Crippen molar-refractivity contribution in [3.05, 3.63) is 18.2 Å². The minimum atomic E-state index is -0.331. The summed E-state index contributed by atoms with van der Waals surface area (Å²) < 4.78 is 16.3. The highest BCUT2D eigenvalue weighted by atomic mass is 32.2. The Kier molecular flexibility index (Phi) is 7.12. The molecule has 0 saturated carbocycles. The molecule has 0 bridgehead atoms. The van der Waals surface area contributed by atoms with Crippen LogP contribution in [0.4, 0.5) is 0 Å². The molecule has 1 atom stereocenters. The average Bonchev–Trinajstić information content (AvgIpc) is 3.09. The van der Waals surface area contributed by atoms with Crippen molar-refractivity contribution < 1.29 is 18.7 Å². The van der Waals surface area contributed by atoms with Crippen molar-refractivity contribution >= 4 is 17.7 Å². The zero-order valence-corrected chi connectivity index (χ0v) is 17.7. The SMILES string of the molecule is COc1cc(OC)cc(-c2nnc(S[C@@H](C)C(=O)N(C(C)C)C(C)C)o2)c1. The molecular weight excluding hydrogens is 366 g/mol. The third kappa shape index (κ3) is 5.15. The van der Waals surface area contributed by atoms with E-state index in [-0.39, 0.29) is 23.2 Å². The fourth-order valence-corrected chi connectivity index (χ4v) is 3.56. The van der Waals surface area contributed by atoms with E-state index in [1.54, 1.807) is 32.4 Å². The summed E-state index contributed by atoms with van der Waals surface area (Å²) in [7, 11) is 3.16. The van der Waals surface area contributed by atoms with E-state index in [1.165, 1.54) is 11.8 Å². The molecule has 0 unspecified atom stereocenters. The van der Waals surface area contributed by atoms with Crippen molar-refractivity contribution in [1.29, 1.82) is 0 Å². The lowest BCUT2D eigenvalue weighted by Gasteiger charge is -2.32. The smallest absolute Gasteiger partial charge is 0.277 e. The minimum Gasteiger partial charge on any atom is -0.497 e. The maximum Gasteiger partial charge on any atom is 0.277 e. The van der Waals surface area contributed by atoms with Gasteiger partial charge in [-0.1, -0.05) is 11.8 Å². The van der Waals surface area contributed by atoms with Gasteiger partial charge in [0.05, 0.1) is 19.5 Å². The number of methoxy groups -OCH3 is 2. The third-order valence-electron chi connectivity index (χ3n) is 4.00. The van der Waals surface area contributed by atoms with E-state index < -0.39 is 0 Å². The topological polar surface area (TPSA) is 77.7 Å². The first-order valence-corrected chi connectivity index (χ1v) is 9.70.